The largest absolute Gasteiger partial charge is 0.494 e. The van der Waals surface area contributed by atoms with Crippen LogP contribution in [0.5, 0.6) is 5.75 Å². The monoisotopic (exact) mass is 398 g/mol. The van der Waals surface area contributed by atoms with Gasteiger partial charge < -0.3 is 19.3 Å². The predicted molar refractivity (Wildman–Crippen MR) is 100 cm³/mol. The third-order valence-electron chi connectivity index (χ3n) is 3.68. The number of alkyl halides is 1. The Labute approximate surface area is 153 Å². The third-order valence-corrected chi connectivity index (χ3v) is 4.24. The number of rotatable bonds is 5. The van der Waals surface area contributed by atoms with E-state index < -0.39 is 5.60 Å². The molecule has 0 bridgehead atoms. The second kappa shape index (κ2) is 8.60. The fourth-order valence-corrected chi connectivity index (χ4v) is 2.70. The van der Waals surface area contributed by atoms with Gasteiger partial charge in [0.1, 0.15) is 11.4 Å². The SMILES string of the molecule is CC(C)(C)OC(=O)N1CCN(c2ccc(OCCCBr)cc2)CC1. The third kappa shape index (κ3) is 5.89. The minimum absolute atomic E-state index is 0.224. The molecule has 24 heavy (non-hydrogen) atoms. The Morgan fingerprint density at radius 3 is 2.29 bits per heavy atom. The zero-order valence-corrected chi connectivity index (χ0v) is 16.3. The number of carbonyl (C=O) groups excluding carboxylic acids is 1. The first-order chi connectivity index (χ1) is 11.4. The summed E-state index contributed by atoms with van der Waals surface area (Å²) in [5.41, 5.74) is 0.713. The van der Waals surface area contributed by atoms with Crippen LogP contribution in [-0.4, -0.2) is 54.7 Å². The van der Waals surface area contributed by atoms with Crippen LogP contribution in [0.2, 0.25) is 0 Å². The van der Waals surface area contributed by atoms with Gasteiger partial charge in [-0.15, -0.1) is 0 Å². The lowest BCUT2D eigenvalue weighted by Crippen LogP contribution is -2.50. The number of amides is 1. The smallest absolute Gasteiger partial charge is 0.410 e. The second-order valence-electron chi connectivity index (χ2n) is 6.84. The van der Waals surface area contributed by atoms with Crippen LogP contribution in [-0.2, 0) is 4.74 Å². The van der Waals surface area contributed by atoms with E-state index in [1.807, 2.05) is 32.9 Å². The molecule has 0 N–H and O–H groups in total. The van der Waals surface area contributed by atoms with Crippen LogP contribution in [0.3, 0.4) is 0 Å². The molecular formula is C18H27BrN2O3. The summed E-state index contributed by atoms with van der Waals surface area (Å²) in [5.74, 6) is 0.895. The van der Waals surface area contributed by atoms with Crippen molar-refractivity contribution >= 4 is 27.7 Å². The summed E-state index contributed by atoms with van der Waals surface area (Å²) in [4.78, 5) is 16.2. The fraction of sp³-hybridized carbons (Fsp3) is 0.611. The molecule has 1 aliphatic heterocycles. The van der Waals surface area contributed by atoms with Gasteiger partial charge in [-0.25, -0.2) is 4.79 Å². The number of hydrogen-bond donors (Lipinski definition) is 0. The van der Waals surface area contributed by atoms with Gasteiger partial charge in [-0.2, -0.15) is 0 Å². The molecule has 6 heteroatoms. The predicted octanol–water partition coefficient (Wildman–Crippen LogP) is 3.91. The van der Waals surface area contributed by atoms with Crippen LogP contribution < -0.4 is 9.64 Å². The molecule has 5 nitrogen and oxygen atoms in total. The number of hydrogen-bond acceptors (Lipinski definition) is 4. The van der Waals surface area contributed by atoms with Gasteiger partial charge in [-0.1, -0.05) is 15.9 Å². The minimum Gasteiger partial charge on any atom is -0.494 e. The van der Waals surface area contributed by atoms with Crippen molar-refractivity contribution in [2.45, 2.75) is 32.8 Å². The summed E-state index contributed by atoms with van der Waals surface area (Å²) in [6.45, 7) is 9.37. The molecule has 134 valence electrons. The zero-order chi connectivity index (χ0) is 17.6. The summed E-state index contributed by atoms with van der Waals surface area (Å²) in [7, 11) is 0. The summed E-state index contributed by atoms with van der Waals surface area (Å²) in [6.07, 6.45) is 0.770. The Morgan fingerprint density at radius 2 is 1.75 bits per heavy atom. The summed E-state index contributed by atoms with van der Waals surface area (Å²) in [6, 6.07) is 8.16. The molecule has 1 amide bonds. The molecule has 0 saturated carbocycles. The Hall–Kier alpha value is -1.43. The van der Waals surface area contributed by atoms with E-state index in [0.29, 0.717) is 13.1 Å². The molecule has 1 aliphatic rings. The number of benzene rings is 1. The highest BCUT2D eigenvalue weighted by Gasteiger charge is 2.25. The van der Waals surface area contributed by atoms with Gasteiger partial charge in [-0.3, -0.25) is 0 Å². The van der Waals surface area contributed by atoms with Crippen molar-refractivity contribution in [3.63, 3.8) is 0 Å². The normalized spacial score (nSPS) is 15.3. The van der Waals surface area contributed by atoms with Crippen molar-refractivity contribution in [3.8, 4) is 5.75 Å². The summed E-state index contributed by atoms with van der Waals surface area (Å²) >= 11 is 3.39. The average Bonchev–Trinajstić information content (AvgIpc) is 2.54. The lowest BCUT2D eigenvalue weighted by Gasteiger charge is -2.36. The van der Waals surface area contributed by atoms with Crippen LogP contribution in [0.4, 0.5) is 10.5 Å². The number of halogens is 1. The molecule has 1 saturated heterocycles. The highest BCUT2D eigenvalue weighted by Crippen LogP contribution is 2.21. The Bertz CT molecular complexity index is 520. The molecule has 2 rings (SSSR count). The van der Waals surface area contributed by atoms with Gasteiger partial charge in [0.2, 0.25) is 0 Å². The van der Waals surface area contributed by atoms with Crippen LogP contribution in [0, 0.1) is 0 Å². The molecule has 0 atom stereocenters. The number of ether oxygens (including phenoxy) is 2. The number of anilines is 1. The zero-order valence-electron chi connectivity index (χ0n) is 14.8. The van der Waals surface area contributed by atoms with Gasteiger partial charge in [0.25, 0.3) is 0 Å². The second-order valence-corrected chi connectivity index (χ2v) is 7.63. The molecule has 1 heterocycles. The molecule has 0 aliphatic carbocycles. The van der Waals surface area contributed by atoms with Crippen LogP contribution >= 0.6 is 15.9 Å². The van der Waals surface area contributed by atoms with Crippen molar-refractivity contribution in [2.75, 3.05) is 43.0 Å². The van der Waals surface area contributed by atoms with E-state index in [1.165, 1.54) is 0 Å². The summed E-state index contributed by atoms with van der Waals surface area (Å²) in [5, 5.41) is 0.951. The van der Waals surface area contributed by atoms with E-state index >= 15 is 0 Å². The Morgan fingerprint density at radius 1 is 1.12 bits per heavy atom. The van der Waals surface area contributed by atoms with Gasteiger partial charge in [0, 0.05) is 37.2 Å². The molecule has 0 spiro atoms. The van der Waals surface area contributed by atoms with E-state index in [0.717, 1.165) is 42.9 Å². The lowest BCUT2D eigenvalue weighted by molar-refractivity contribution is 0.0240. The van der Waals surface area contributed by atoms with Crippen molar-refractivity contribution < 1.29 is 14.3 Å². The number of carbonyl (C=O) groups is 1. The first-order valence-corrected chi connectivity index (χ1v) is 9.53. The number of piperazine rings is 1. The lowest BCUT2D eigenvalue weighted by atomic mass is 10.2. The standard InChI is InChI=1S/C18H27BrN2O3/c1-18(2,3)24-17(22)21-12-10-20(11-13-21)15-5-7-16(8-6-15)23-14-4-9-19/h5-8H,4,9-14H2,1-3H3. The maximum atomic E-state index is 12.1. The Kier molecular flexibility index (Phi) is 6.78. The Balaban J connectivity index is 1.82. The molecule has 0 unspecified atom stereocenters. The molecule has 1 aromatic rings. The average molecular weight is 399 g/mol. The van der Waals surface area contributed by atoms with Crippen molar-refractivity contribution in [1.29, 1.82) is 0 Å². The molecule has 1 fully saturated rings. The maximum Gasteiger partial charge on any atom is 0.410 e. The van der Waals surface area contributed by atoms with Crippen molar-refractivity contribution in [3.05, 3.63) is 24.3 Å². The molecule has 1 aromatic carbocycles. The quantitative estimate of drug-likeness (QED) is 0.556. The highest BCUT2D eigenvalue weighted by molar-refractivity contribution is 9.09. The highest BCUT2D eigenvalue weighted by atomic mass is 79.9. The first kappa shape index (κ1) is 18.9. The van der Waals surface area contributed by atoms with Crippen LogP contribution in [0.15, 0.2) is 24.3 Å². The maximum absolute atomic E-state index is 12.1. The molecule has 0 radical (unpaired) electrons. The van der Waals surface area contributed by atoms with Gasteiger partial charge in [0.15, 0.2) is 0 Å². The van der Waals surface area contributed by atoms with E-state index in [4.69, 9.17) is 9.47 Å². The van der Waals surface area contributed by atoms with Gasteiger partial charge in [-0.05, 0) is 51.5 Å². The van der Waals surface area contributed by atoms with E-state index in [-0.39, 0.29) is 6.09 Å². The van der Waals surface area contributed by atoms with Gasteiger partial charge >= 0.3 is 6.09 Å². The van der Waals surface area contributed by atoms with Gasteiger partial charge in [0.05, 0.1) is 6.61 Å². The van der Waals surface area contributed by atoms with Crippen LogP contribution in [0.1, 0.15) is 27.2 Å². The molecule has 0 aromatic heterocycles. The van der Waals surface area contributed by atoms with E-state index in [1.54, 1.807) is 4.90 Å². The minimum atomic E-state index is -0.446. The van der Waals surface area contributed by atoms with E-state index in [9.17, 15) is 4.79 Å². The van der Waals surface area contributed by atoms with Crippen LogP contribution in [0.25, 0.3) is 0 Å². The summed E-state index contributed by atoms with van der Waals surface area (Å²) < 4.78 is 11.1. The topological polar surface area (TPSA) is 42.0 Å². The first-order valence-electron chi connectivity index (χ1n) is 8.41. The van der Waals surface area contributed by atoms with Crippen molar-refractivity contribution in [1.82, 2.24) is 4.90 Å². The van der Waals surface area contributed by atoms with E-state index in [2.05, 4.69) is 33.0 Å². The van der Waals surface area contributed by atoms with Crippen molar-refractivity contribution in [2.24, 2.45) is 0 Å². The fourth-order valence-electron chi connectivity index (χ4n) is 2.47. The molecular weight excluding hydrogens is 372 g/mol. The number of nitrogens with zero attached hydrogens (tertiary/aromatic N) is 2.